The summed E-state index contributed by atoms with van der Waals surface area (Å²) in [5, 5.41) is 7.62. The second-order valence-electron chi connectivity index (χ2n) is 2.31. The summed E-state index contributed by atoms with van der Waals surface area (Å²) in [7, 11) is -2.56. The van der Waals surface area contributed by atoms with Crippen LogP contribution in [0.15, 0.2) is 0 Å². The third kappa shape index (κ3) is 3.94. The maximum Gasteiger partial charge on any atom is 0.320 e. The van der Waals surface area contributed by atoms with E-state index < -0.39 is 28.0 Å². The van der Waals surface area contributed by atoms with Crippen molar-refractivity contribution in [3.05, 3.63) is 0 Å². The fourth-order valence-electron chi connectivity index (χ4n) is 0.554. The van der Waals surface area contributed by atoms with Gasteiger partial charge in [-0.3, -0.25) is 4.79 Å². The Hall–Kier alpha value is -0.620. The van der Waals surface area contributed by atoms with Crippen LogP contribution in [0.4, 0.5) is 0 Å². The van der Waals surface area contributed by atoms with Gasteiger partial charge in [0, 0.05) is 0 Å². The zero-order chi connectivity index (χ0) is 9.02. The van der Waals surface area contributed by atoms with Crippen molar-refractivity contribution in [1.82, 2.24) is 0 Å². The summed E-state index contributed by atoms with van der Waals surface area (Å²) in [6.45, 7) is 1.43. The zero-order valence-electron chi connectivity index (χ0n) is 6.06. The van der Waals surface area contributed by atoms with E-state index >= 15 is 0 Å². The van der Waals surface area contributed by atoms with Gasteiger partial charge < -0.3 is 10.8 Å². The van der Waals surface area contributed by atoms with Crippen molar-refractivity contribution in [2.45, 2.75) is 24.6 Å². The average Bonchev–Trinajstić information content (AvgIpc) is 1.87. The van der Waals surface area contributed by atoms with E-state index in [0.717, 1.165) is 0 Å². The molecule has 3 N–H and O–H groups in total. The standard InChI is InChI=1S/C5H11NO4S/c1-3(11(9)10)2-4(6)5(7)8/h3-4,11H,2,6H2,1H3,(H,7,8). The summed E-state index contributed by atoms with van der Waals surface area (Å²) >= 11 is 0. The number of carboxylic acid groups (broad SMARTS) is 1. The van der Waals surface area contributed by atoms with Crippen molar-refractivity contribution in [2.75, 3.05) is 0 Å². The number of hydrogen-bond donors (Lipinski definition) is 3. The van der Waals surface area contributed by atoms with Crippen LogP contribution in [-0.4, -0.2) is 30.8 Å². The Labute approximate surface area is 66.2 Å². The summed E-state index contributed by atoms with van der Waals surface area (Å²) in [6, 6.07) is -1.09. The summed E-state index contributed by atoms with van der Waals surface area (Å²) in [6.07, 6.45) is -0.0337. The lowest BCUT2D eigenvalue weighted by Crippen LogP contribution is -2.33. The molecule has 0 aromatic rings. The van der Waals surface area contributed by atoms with E-state index in [4.69, 9.17) is 10.8 Å². The molecule has 0 amide bonds. The van der Waals surface area contributed by atoms with Gasteiger partial charge in [-0.2, -0.15) is 0 Å². The molecule has 66 valence electrons. The number of hydrogen-bond acceptors (Lipinski definition) is 4. The van der Waals surface area contributed by atoms with Crippen molar-refractivity contribution in [2.24, 2.45) is 5.73 Å². The Kier molecular flexibility index (Phi) is 4.06. The fraction of sp³-hybridized carbons (Fsp3) is 0.800. The molecule has 2 unspecified atom stereocenters. The number of rotatable bonds is 4. The lowest BCUT2D eigenvalue weighted by Gasteiger charge is -2.07. The summed E-state index contributed by atoms with van der Waals surface area (Å²) in [5.74, 6) is -1.17. The highest BCUT2D eigenvalue weighted by atomic mass is 32.2. The molecule has 5 nitrogen and oxygen atoms in total. The van der Waals surface area contributed by atoms with E-state index in [0.29, 0.717) is 0 Å². The van der Waals surface area contributed by atoms with Gasteiger partial charge in [-0.25, -0.2) is 8.42 Å². The molecule has 0 rings (SSSR count). The van der Waals surface area contributed by atoms with Crippen LogP contribution < -0.4 is 5.73 Å². The quantitative estimate of drug-likeness (QED) is 0.473. The molecule has 0 fully saturated rings. The SMILES string of the molecule is CC(CC(N)C(=O)O)[SH](=O)=O. The van der Waals surface area contributed by atoms with E-state index in [2.05, 4.69) is 0 Å². The minimum atomic E-state index is -2.56. The number of aliphatic carboxylic acids is 1. The van der Waals surface area contributed by atoms with E-state index in [1.54, 1.807) is 0 Å². The van der Waals surface area contributed by atoms with Crippen molar-refractivity contribution < 1.29 is 18.3 Å². The Morgan fingerprint density at radius 1 is 1.64 bits per heavy atom. The first-order valence-electron chi connectivity index (χ1n) is 3.07. The molecule has 0 saturated carbocycles. The number of nitrogens with two attached hydrogens (primary N) is 1. The molecule has 0 aliphatic heterocycles. The second kappa shape index (κ2) is 4.30. The van der Waals surface area contributed by atoms with Gasteiger partial charge in [-0.15, -0.1) is 0 Å². The van der Waals surface area contributed by atoms with Gasteiger partial charge in [0.15, 0.2) is 0 Å². The van der Waals surface area contributed by atoms with Gasteiger partial charge in [0.05, 0.1) is 5.25 Å². The van der Waals surface area contributed by atoms with Gasteiger partial charge in [-0.1, -0.05) is 0 Å². The van der Waals surface area contributed by atoms with Gasteiger partial charge in [0.25, 0.3) is 0 Å². The predicted molar refractivity (Wildman–Crippen MR) is 40.0 cm³/mol. The van der Waals surface area contributed by atoms with Crippen LogP contribution in [0.2, 0.25) is 0 Å². The third-order valence-electron chi connectivity index (χ3n) is 1.27. The minimum Gasteiger partial charge on any atom is -0.480 e. The molecule has 0 aromatic heterocycles. The van der Waals surface area contributed by atoms with Crippen molar-refractivity contribution in [1.29, 1.82) is 0 Å². The fourth-order valence-corrected chi connectivity index (χ4v) is 0.954. The summed E-state index contributed by atoms with van der Waals surface area (Å²) in [4.78, 5) is 10.1. The molecule has 6 heteroatoms. The second-order valence-corrected chi connectivity index (χ2v) is 3.77. The maximum absolute atomic E-state index is 10.2. The molecule has 11 heavy (non-hydrogen) atoms. The Morgan fingerprint density at radius 2 is 2.09 bits per heavy atom. The van der Waals surface area contributed by atoms with Crippen LogP contribution in [0.1, 0.15) is 13.3 Å². The van der Waals surface area contributed by atoms with Gasteiger partial charge in [0.1, 0.15) is 16.7 Å². The molecule has 0 heterocycles. The molecule has 0 spiro atoms. The topological polar surface area (TPSA) is 97.5 Å². The van der Waals surface area contributed by atoms with Crippen LogP contribution in [0.5, 0.6) is 0 Å². The van der Waals surface area contributed by atoms with E-state index in [1.165, 1.54) is 6.92 Å². The molecule has 0 saturated heterocycles. The molecular weight excluding hydrogens is 170 g/mol. The lowest BCUT2D eigenvalue weighted by atomic mass is 10.2. The Morgan fingerprint density at radius 3 is 2.36 bits per heavy atom. The molecule has 0 aliphatic rings. The first kappa shape index (κ1) is 10.4. The monoisotopic (exact) mass is 181 g/mol. The smallest absolute Gasteiger partial charge is 0.320 e. The zero-order valence-corrected chi connectivity index (χ0v) is 6.95. The van der Waals surface area contributed by atoms with Crippen LogP contribution in [0.25, 0.3) is 0 Å². The van der Waals surface area contributed by atoms with Crippen LogP contribution in [-0.2, 0) is 15.5 Å². The van der Waals surface area contributed by atoms with Gasteiger partial charge in [0.2, 0.25) is 0 Å². The number of carboxylic acids is 1. The molecular formula is C5H11NO4S. The summed E-state index contributed by atoms with van der Waals surface area (Å²) < 4.78 is 20.5. The number of carbonyl (C=O) groups is 1. The van der Waals surface area contributed by atoms with Crippen molar-refractivity contribution >= 4 is 16.7 Å². The molecule has 0 aromatic carbocycles. The third-order valence-corrected chi connectivity index (χ3v) is 2.20. The van der Waals surface area contributed by atoms with Crippen LogP contribution in [0, 0.1) is 0 Å². The molecule has 0 aliphatic carbocycles. The first-order chi connectivity index (χ1) is 4.95. The number of thiol groups is 1. The normalized spacial score (nSPS) is 16.3. The first-order valence-corrected chi connectivity index (χ1v) is 4.31. The van der Waals surface area contributed by atoms with Crippen molar-refractivity contribution in [3.63, 3.8) is 0 Å². The van der Waals surface area contributed by atoms with Crippen LogP contribution >= 0.6 is 0 Å². The van der Waals surface area contributed by atoms with Gasteiger partial charge >= 0.3 is 5.97 Å². The molecule has 2 atom stereocenters. The van der Waals surface area contributed by atoms with E-state index in [9.17, 15) is 13.2 Å². The largest absolute Gasteiger partial charge is 0.480 e. The highest BCUT2D eigenvalue weighted by molar-refractivity contribution is 7.73. The van der Waals surface area contributed by atoms with E-state index in [1.807, 2.05) is 0 Å². The highest BCUT2D eigenvalue weighted by Gasteiger charge is 2.16. The lowest BCUT2D eigenvalue weighted by molar-refractivity contribution is -0.138. The van der Waals surface area contributed by atoms with Crippen molar-refractivity contribution in [3.8, 4) is 0 Å². The highest BCUT2D eigenvalue weighted by Crippen LogP contribution is 1.98. The Bertz CT molecular complexity index is 205. The van der Waals surface area contributed by atoms with Crippen LogP contribution in [0.3, 0.4) is 0 Å². The Balaban J connectivity index is 3.94. The molecule has 0 bridgehead atoms. The van der Waals surface area contributed by atoms with Gasteiger partial charge in [-0.05, 0) is 13.3 Å². The maximum atomic E-state index is 10.2. The predicted octanol–water partition coefficient (Wildman–Crippen LogP) is -1.21. The van der Waals surface area contributed by atoms with E-state index in [-0.39, 0.29) is 6.42 Å². The summed E-state index contributed by atoms with van der Waals surface area (Å²) in [5.41, 5.74) is 5.09. The average molecular weight is 181 g/mol. The minimum absolute atomic E-state index is 0.0337. The molecule has 0 radical (unpaired) electrons.